The summed E-state index contributed by atoms with van der Waals surface area (Å²) in [7, 11) is 0. The fourth-order valence-electron chi connectivity index (χ4n) is 4.22. The average Bonchev–Trinajstić information content (AvgIpc) is 3.45. The number of hydrogen-bond donors (Lipinski definition) is 1. The number of nitriles is 1. The van der Waals surface area contributed by atoms with E-state index in [2.05, 4.69) is 21.5 Å². The zero-order valence-electron chi connectivity index (χ0n) is 17.6. The van der Waals surface area contributed by atoms with E-state index in [1.54, 1.807) is 41.6 Å². The van der Waals surface area contributed by atoms with Gasteiger partial charge in [0.1, 0.15) is 11.6 Å². The largest absolute Gasteiger partial charge is 0.307 e. The van der Waals surface area contributed by atoms with E-state index >= 15 is 0 Å². The molecule has 1 saturated heterocycles. The van der Waals surface area contributed by atoms with Gasteiger partial charge < -0.3 is 5.32 Å². The molecule has 0 bridgehead atoms. The Morgan fingerprint density at radius 2 is 2.00 bits per heavy atom. The first-order valence-electron chi connectivity index (χ1n) is 10.5. The minimum atomic E-state index is -0.223. The molecule has 0 aliphatic carbocycles. The van der Waals surface area contributed by atoms with Crippen LogP contribution in [0.5, 0.6) is 0 Å². The van der Waals surface area contributed by atoms with Crippen LogP contribution in [-0.4, -0.2) is 36.7 Å². The van der Waals surface area contributed by atoms with E-state index in [4.69, 9.17) is 4.98 Å². The lowest BCUT2D eigenvalue weighted by Crippen LogP contribution is -2.19. The topological polar surface area (TPSA) is 99.2 Å². The van der Waals surface area contributed by atoms with Crippen LogP contribution in [0, 0.1) is 18.4 Å². The van der Waals surface area contributed by atoms with Crippen LogP contribution in [0.25, 0.3) is 16.8 Å². The number of hydrogen-bond acceptors (Lipinski definition) is 6. The van der Waals surface area contributed by atoms with E-state index in [0.29, 0.717) is 11.4 Å². The molecule has 1 fully saturated rings. The normalized spacial score (nSPS) is 15.6. The van der Waals surface area contributed by atoms with Crippen LogP contribution in [0.1, 0.15) is 40.8 Å². The molecular weight excluding hydrogens is 402 g/mol. The summed E-state index contributed by atoms with van der Waals surface area (Å²) in [6.45, 7) is 2.70. The number of nitrogens with one attached hydrogen (secondary N) is 1. The van der Waals surface area contributed by atoms with Gasteiger partial charge in [-0.25, -0.2) is 9.97 Å². The number of imidazole rings is 1. The number of aryl methyl sites for hydroxylation is 1. The standard InChI is InChI=1S/C24H21N7O/c1-16-22-21(29-23(31(22)14-12-26-16)19-5-4-13-30(19)15-25)17-7-9-18(10-8-17)24(32)28-20-6-2-3-11-27-20/h2-3,6-12,14,19H,4-5,13H2,1H3,(H,27,28,32)/t19-/m0/s1. The first-order valence-corrected chi connectivity index (χ1v) is 10.5. The summed E-state index contributed by atoms with van der Waals surface area (Å²) in [5.74, 6) is 1.13. The molecule has 1 atom stereocenters. The summed E-state index contributed by atoms with van der Waals surface area (Å²) in [4.78, 5) is 27.9. The predicted molar refractivity (Wildman–Crippen MR) is 120 cm³/mol. The van der Waals surface area contributed by atoms with Crippen molar-refractivity contribution in [3.63, 3.8) is 0 Å². The van der Waals surface area contributed by atoms with Crippen molar-refractivity contribution in [2.24, 2.45) is 0 Å². The third-order valence-electron chi connectivity index (χ3n) is 5.77. The van der Waals surface area contributed by atoms with Crippen LogP contribution in [-0.2, 0) is 0 Å². The Hall–Kier alpha value is -4.25. The summed E-state index contributed by atoms with van der Waals surface area (Å²) in [6.07, 6.45) is 9.44. The second kappa shape index (κ2) is 8.12. The van der Waals surface area contributed by atoms with Gasteiger partial charge in [-0.05, 0) is 44.0 Å². The van der Waals surface area contributed by atoms with E-state index in [-0.39, 0.29) is 11.9 Å². The fourth-order valence-corrected chi connectivity index (χ4v) is 4.22. The number of pyridine rings is 1. The molecule has 158 valence electrons. The monoisotopic (exact) mass is 423 g/mol. The predicted octanol–water partition coefficient (Wildman–Crippen LogP) is 3.97. The van der Waals surface area contributed by atoms with Crippen molar-refractivity contribution < 1.29 is 4.79 Å². The molecular formula is C24H21N7O. The fraction of sp³-hybridized carbons (Fsp3) is 0.208. The highest BCUT2D eigenvalue weighted by atomic mass is 16.1. The van der Waals surface area contributed by atoms with E-state index in [1.807, 2.05) is 35.7 Å². The molecule has 3 aromatic heterocycles. The molecule has 1 amide bonds. The van der Waals surface area contributed by atoms with Gasteiger partial charge in [0, 0.05) is 36.3 Å². The summed E-state index contributed by atoms with van der Waals surface area (Å²) in [5, 5.41) is 12.3. The van der Waals surface area contributed by atoms with Crippen LogP contribution in [0.2, 0.25) is 0 Å². The highest BCUT2D eigenvalue weighted by Crippen LogP contribution is 2.35. The second-order valence-electron chi connectivity index (χ2n) is 7.75. The molecule has 4 aromatic rings. The lowest BCUT2D eigenvalue weighted by atomic mass is 10.1. The molecule has 0 spiro atoms. The molecule has 8 nitrogen and oxygen atoms in total. The van der Waals surface area contributed by atoms with E-state index in [1.165, 1.54) is 0 Å². The number of likely N-dealkylation sites (tertiary alicyclic amines) is 1. The summed E-state index contributed by atoms with van der Waals surface area (Å²) in [5.41, 5.74) is 4.00. The maximum Gasteiger partial charge on any atom is 0.256 e. The molecule has 8 heteroatoms. The Balaban J connectivity index is 1.51. The van der Waals surface area contributed by atoms with Crippen LogP contribution in [0.4, 0.5) is 5.82 Å². The maximum atomic E-state index is 12.6. The number of carbonyl (C=O) groups excluding carboxylic acids is 1. The smallest absolute Gasteiger partial charge is 0.256 e. The number of amides is 1. The van der Waals surface area contributed by atoms with Crippen molar-refractivity contribution >= 4 is 17.2 Å². The van der Waals surface area contributed by atoms with Crippen LogP contribution in [0.3, 0.4) is 0 Å². The average molecular weight is 423 g/mol. The number of carbonyl (C=O) groups is 1. The highest BCUT2D eigenvalue weighted by Gasteiger charge is 2.30. The Kier molecular flexibility index (Phi) is 5.00. The van der Waals surface area contributed by atoms with Crippen LogP contribution < -0.4 is 5.32 Å². The van der Waals surface area contributed by atoms with Crippen molar-refractivity contribution in [3.8, 4) is 17.5 Å². The minimum absolute atomic E-state index is 0.0496. The number of benzene rings is 1. The molecule has 0 radical (unpaired) electrons. The number of anilines is 1. The van der Waals surface area contributed by atoms with Crippen molar-refractivity contribution in [2.45, 2.75) is 25.8 Å². The van der Waals surface area contributed by atoms with Gasteiger partial charge in [-0.3, -0.25) is 19.1 Å². The Bertz CT molecular complexity index is 1320. The van der Waals surface area contributed by atoms with Gasteiger partial charge in [0.05, 0.1) is 22.9 Å². The highest BCUT2D eigenvalue weighted by molar-refractivity contribution is 6.04. The maximum absolute atomic E-state index is 12.6. The first-order chi connectivity index (χ1) is 15.7. The Morgan fingerprint density at radius 3 is 2.75 bits per heavy atom. The van der Waals surface area contributed by atoms with Crippen molar-refractivity contribution in [3.05, 3.63) is 78.1 Å². The number of fused-ring (bicyclic) bond motifs is 1. The van der Waals surface area contributed by atoms with Gasteiger partial charge in [0.15, 0.2) is 6.19 Å². The molecule has 5 rings (SSSR count). The Labute approximate surface area is 185 Å². The minimum Gasteiger partial charge on any atom is -0.307 e. The molecule has 32 heavy (non-hydrogen) atoms. The van der Waals surface area contributed by atoms with Gasteiger partial charge in [-0.1, -0.05) is 18.2 Å². The zero-order valence-corrected chi connectivity index (χ0v) is 17.6. The molecule has 1 aliphatic rings. The SMILES string of the molecule is Cc1nccn2c([C@@H]3CCCN3C#N)nc(-c3ccc(C(=O)Nc4ccccn4)cc3)c12. The summed E-state index contributed by atoms with van der Waals surface area (Å²) < 4.78 is 2.04. The molecule has 1 aliphatic heterocycles. The van der Waals surface area contributed by atoms with Crippen LogP contribution >= 0.6 is 0 Å². The molecule has 0 unspecified atom stereocenters. The number of nitrogens with zero attached hydrogens (tertiary/aromatic N) is 6. The van der Waals surface area contributed by atoms with E-state index in [9.17, 15) is 10.1 Å². The lowest BCUT2D eigenvalue weighted by molar-refractivity contribution is 0.102. The third-order valence-corrected chi connectivity index (χ3v) is 5.77. The summed E-state index contributed by atoms with van der Waals surface area (Å²) in [6, 6.07) is 12.7. The van der Waals surface area contributed by atoms with Crippen molar-refractivity contribution in [1.29, 1.82) is 5.26 Å². The molecule has 1 aromatic carbocycles. The van der Waals surface area contributed by atoms with Crippen molar-refractivity contribution in [1.82, 2.24) is 24.3 Å². The second-order valence-corrected chi connectivity index (χ2v) is 7.75. The Morgan fingerprint density at radius 1 is 1.16 bits per heavy atom. The lowest BCUT2D eigenvalue weighted by Gasteiger charge is -2.16. The summed E-state index contributed by atoms with van der Waals surface area (Å²) >= 11 is 0. The first kappa shape index (κ1) is 19.7. The van der Waals surface area contributed by atoms with Gasteiger partial charge >= 0.3 is 0 Å². The number of rotatable bonds is 4. The van der Waals surface area contributed by atoms with Gasteiger partial charge in [0.25, 0.3) is 5.91 Å². The number of aromatic nitrogens is 4. The zero-order chi connectivity index (χ0) is 22.1. The van der Waals surface area contributed by atoms with Crippen LogP contribution in [0.15, 0.2) is 61.1 Å². The molecule has 4 heterocycles. The van der Waals surface area contributed by atoms with Gasteiger partial charge in [-0.2, -0.15) is 5.26 Å². The molecule has 0 saturated carbocycles. The quantitative estimate of drug-likeness (QED) is 0.499. The van der Waals surface area contributed by atoms with Crippen molar-refractivity contribution in [2.75, 3.05) is 11.9 Å². The van der Waals surface area contributed by atoms with Gasteiger partial charge in [0.2, 0.25) is 0 Å². The third kappa shape index (κ3) is 3.44. The van der Waals surface area contributed by atoms with Gasteiger partial charge in [-0.15, -0.1) is 0 Å². The van der Waals surface area contributed by atoms with E-state index < -0.39 is 0 Å². The van der Waals surface area contributed by atoms with E-state index in [0.717, 1.165) is 47.7 Å². The molecule has 1 N–H and O–H groups in total.